The van der Waals surface area contributed by atoms with Crippen LogP contribution in [0.1, 0.15) is 6.92 Å². The minimum Gasteiger partial charge on any atom is -0.395 e. The first-order valence-electron chi connectivity index (χ1n) is 4.32. The van der Waals surface area contributed by atoms with Gasteiger partial charge in [-0.25, -0.2) is 10.3 Å². The molecule has 0 amide bonds. The third-order valence-electron chi connectivity index (χ3n) is 1.96. The Hall–Kier alpha value is 0.190. The number of rotatable bonds is 5. The minimum atomic E-state index is 0.251. The molecule has 72 valence electrons. The third-order valence-corrected chi connectivity index (χ3v) is 2.79. The maximum absolute atomic E-state index is 8.76. The molecule has 0 aromatic carbocycles. The Morgan fingerprint density at radius 1 is 1.67 bits per heavy atom. The first-order chi connectivity index (χ1) is 5.86. The molecule has 0 aromatic rings. The van der Waals surface area contributed by atoms with E-state index in [2.05, 4.69) is 22.1 Å². The molecule has 0 bridgehead atoms. The van der Waals surface area contributed by atoms with Crippen LogP contribution in [0.3, 0.4) is 0 Å². The van der Waals surface area contributed by atoms with Crippen LogP contribution in [-0.2, 0) is 0 Å². The predicted octanol–water partition coefficient (Wildman–Crippen LogP) is -0.575. The van der Waals surface area contributed by atoms with Crippen molar-refractivity contribution in [3.8, 4) is 0 Å². The number of aliphatic hydroxyl groups is 1. The number of likely N-dealkylation sites (N-methyl/N-ethyl adjacent to an activating group) is 1. The van der Waals surface area contributed by atoms with Gasteiger partial charge in [-0.1, -0.05) is 18.9 Å². The van der Waals surface area contributed by atoms with Crippen LogP contribution in [-0.4, -0.2) is 48.0 Å². The molecule has 1 rings (SSSR count). The summed E-state index contributed by atoms with van der Waals surface area (Å²) in [7, 11) is 0. The zero-order chi connectivity index (χ0) is 8.81. The Balaban J connectivity index is 2.16. The number of hydrazine groups is 1. The standard InChI is InChI=1S/C7H17N3OS/c1-2-10(3-4-11)5-7-6-12-9-8-7/h7-9,11H,2-6H2,1H3. The van der Waals surface area contributed by atoms with Gasteiger partial charge in [-0.3, -0.25) is 4.90 Å². The fourth-order valence-corrected chi connectivity index (χ4v) is 1.96. The lowest BCUT2D eigenvalue weighted by Gasteiger charge is -2.22. The summed E-state index contributed by atoms with van der Waals surface area (Å²) in [6.45, 7) is 5.16. The van der Waals surface area contributed by atoms with Crippen LogP contribution in [0.5, 0.6) is 0 Å². The van der Waals surface area contributed by atoms with Crippen LogP contribution < -0.4 is 10.3 Å². The minimum absolute atomic E-state index is 0.251. The van der Waals surface area contributed by atoms with Crippen LogP contribution >= 0.6 is 11.9 Å². The third kappa shape index (κ3) is 3.28. The van der Waals surface area contributed by atoms with E-state index in [1.54, 1.807) is 11.9 Å². The van der Waals surface area contributed by atoms with Crippen molar-refractivity contribution >= 4 is 11.9 Å². The lowest BCUT2D eigenvalue weighted by molar-refractivity contribution is 0.192. The van der Waals surface area contributed by atoms with Crippen molar-refractivity contribution in [2.24, 2.45) is 0 Å². The number of aliphatic hydroxyl groups excluding tert-OH is 1. The van der Waals surface area contributed by atoms with Gasteiger partial charge in [0.25, 0.3) is 0 Å². The zero-order valence-electron chi connectivity index (χ0n) is 7.42. The SMILES string of the molecule is CCN(CCO)CC1CSNN1. The molecule has 1 aliphatic rings. The molecule has 1 fully saturated rings. The molecular weight excluding hydrogens is 174 g/mol. The second kappa shape index (κ2) is 5.77. The Kier molecular flexibility index (Phi) is 4.94. The van der Waals surface area contributed by atoms with E-state index in [0.29, 0.717) is 6.04 Å². The van der Waals surface area contributed by atoms with E-state index in [9.17, 15) is 0 Å². The summed E-state index contributed by atoms with van der Waals surface area (Å²) >= 11 is 1.70. The molecule has 0 aromatic heterocycles. The molecule has 3 N–H and O–H groups in total. The summed E-state index contributed by atoms with van der Waals surface area (Å²) < 4.78 is 0. The van der Waals surface area contributed by atoms with Gasteiger partial charge in [0.2, 0.25) is 0 Å². The summed E-state index contributed by atoms with van der Waals surface area (Å²) in [5, 5.41) is 8.76. The van der Waals surface area contributed by atoms with Gasteiger partial charge in [0.1, 0.15) is 0 Å². The van der Waals surface area contributed by atoms with Crippen LogP contribution in [0.25, 0.3) is 0 Å². The number of hydrogen-bond acceptors (Lipinski definition) is 5. The van der Waals surface area contributed by atoms with E-state index in [1.807, 2.05) is 0 Å². The fourth-order valence-electron chi connectivity index (χ4n) is 1.24. The van der Waals surface area contributed by atoms with Gasteiger partial charge in [0.15, 0.2) is 0 Å². The average Bonchev–Trinajstić information content (AvgIpc) is 2.56. The topological polar surface area (TPSA) is 47.5 Å². The molecule has 0 aliphatic carbocycles. The van der Waals surface area contributed by atoms with Crippen LogP contribution in [0.15, 0.2) is 0 Å². The molecule has 1 saturated heterocycles. The maximum atomic E-state index is 8.76. The summed E-state index contributed by atoms with van der Waals surface area (Å²) in [5.74, 6) is 1.10. The van der Waals surface area contributed by atoms with E-state index >= 15 is 0 Å². The lowest BCUT2D eigenvalue weighted by atomic mass is 10.3. The smallest absolute Gasteiger partial charge is 0.0558 e. The van der Waals surface area contributed by atoms with E-state index in [-0.39, 0.29) is 6.61 Å². The van der Waals surface area contributed by atoms with Crippen molar-refractivity contribution in [2.75, 3.05) is 32.0 Å². The molecule has 5 heteroatoms. The first kappa shape index (κ1) is 10.3. The molecular formula is C7H17N3OS. The highest BCUT2D eigenvalue weighted by atomic mass is 32.2. The Morgan fingerprint density at radius 3 is 3.00 bits per heavy atom. The monoisotopic (exact) mass is 191 g/mol. The zero-order valence-corrected chi connectivity index (χ0v) is 8.23. The van der Waals surface area contributed by atoms with Gasteiger partial charge in [0.05, 0.1) is 6.61 Å². The van der Waals surface area contributed by atoms with Gasteiger partial charge >= 0.3 is 0 Å². The van der Waals surface area contributed by atoms with Gasteiger partial charge in [0, 0.05) is 24.9 Å². The van der Waals surface area contributed by atoms with E-state index in [0.717, 1.165) is 25.4 Å². The molecule has 0 saturated carbocycles. The highest BCUT2D eigenvalue weighted by molar-refractivity contribution is 7.97. The summed E-state index contributed by atoms with van der Waals surface area (Å²) in [6, 6.07) is 0.515. The van der Waals surface area contributed by atoms with Gasteiger partial charge in [-0.05, 0) is 6.54 Å². The van der Waals surface area contributed by atoms with Crippen molar-refractivity contribution in [3.63, 3.8) is 0 Å². The van der Waals surface area contributed by atoms with Crippen molar-refractivity contribution in [2.45, 2.75) is 13.0 Å². The fraction of sp³-hybridized carbons (Fsp3) is 1.00. The summed E-state index contributed by atoms with van der Waals surface area (Å²) in [4.78, 5) is 5.26. The molecule has 0 spiro atoms. The average molecular weight is 191 g/mol. The van der Waals surface area contributed by atoms with Gasteiger partial charge < -0.3 is 5.11 Å². The largest absolute Gasteiger partial charge is 0.395 e. The second-order valence-corrected chi connectivity index (χ2v) is 3.70. The highest BCUT2D eigenvalue weighted by Gasteiger charge is 2.16. The summed E-state index contributed by atoms with van der Waals surface area (Å²) in [6.07, 6.45) is 0. The molecule has 12 heavy (non-hydrogen) atoms. The van der Waals surface area contributed by atoms with Gasteiger partial charge in [-0.2, -0.15) is 0 Å². The molecule has 1 aliphatic heterocycles. The first-order valence-corrected chi connectivity index (χ1v) is 5.31. The van der Waals surface area contributed by atoms with Crippen molar-refractivity contribution in [1.82, 2.24) is 15.2 Å². The molecule has 1 unspecified atom stereocenters. The normalized spacial score (nSPS) is 23.8. The van der Waals surface area contributed by atoms with Crippen molar-refractivity contribution in [1.29, 1.82) is 0 Å². The van der Waals surface area contributed by atoms with E-state index < -0.39 is 0 Å². The Morgan fingerprint density at radius 2 is 2.50 bits per heavy atom. The maximum Gasteiger partial charge on any atom is 0.0558 e. The molecule has 0 radical (unpaired) electrons. The van der Waals surface area contributed by atoms with E-state index in [4.69, 9.17) is 5.11 Å². The van der Waals surface area contributed by atoms with Crippen molar-refractivity contribution < 1.29 is 5.11 Å². The highest BCUT2D eigenvalue weighted by Crippen LogP contribution is 2.05. The molecule has 4 nitrogen and oxygen atoms in total. The number of hydrogen-bond donors (Lipinski definition) is 3. The summed E-state index contributed by atoms with van der Waals surface area (Å²) in [5.41, 5.74) is 3.17. The van der Waals surface area contributed by atoms with Crippen LogP contribution in [0.4, 0.5) is 0 Å². The second-order valence-electron chi connectivity index (χ2n) is 2.87. The van der Waals surface area contributed by atoms with Crippen LogP contribution in [0, 0.1) is 0 Å². The lowest BCUT2D eigenvalue weighted by Crippen LogP contribution is -2.42. The van der Waals surface area contributed by atoms with E-state index in [1.165, 1.54) is 0 Å². The number of nitrogens with zero attached hydrogens (tertiary/aromatic N) is 1. The molecule has 1 heterocycles. The Bertz CT molecular complexity index is 119. The van der Waals surface area contributed by atoms with Crippen LogP contribution in [0.2, 0.25) is 0 Å². The predicted molar refractivity (Wildman–Crippen MR) is 51.7 cm³/mol. The molecule has 1 atom stereocenters. The van der Waals surface area contributed by atoms with Crippen molar-refractivity contribution in [3.05, 3.63) is 0 Å². The number of nitrogens with one attached hydrogen (secondary N) is 2. The Labute approximate surface area is 77.8 Å². The van der Waals surface area contributed by atoms with Gasteiger partial charge in [-0.15, -0.1) is 0 Å². The quantitative estimate of drug-likeness (QED) is 0.508.